The second-order valence-corrected chi connectivity index (χ2v) is 14.4. The molecule has 0 aliphatic carbocycles. The number of thioether (sulfide) groups is 1. The molecule has 1 atom stereocenters. The number of aryl methyl sites for hydroxylation is 1. The highest BCUT2D eigenvalue weighted by atomic mass is 35.5. The Hall–Kier alpha value is -3.50. The van der Waals surface area contributed by atoms with Crippen molar-refractivity contribution in [3.05, 3.63) is 124 Å². The van der Waals surface area contributed by atoms with Gasteiger partial charge in [-0.25, -0.2) is 8.42 Å². The average molecular weight is 699 g/mol. The average Bonchev–Trinajstić information content (AvgIpc) is 3.05. The SMILES string of the molecule is CCCNC(=O)[C@H](Cc1ccccc1)N(Cc1ccc(Cl)cc1Cl)C(=O)CN(c1ccc(C)cc1)S(=O)(=O)c1ccc(SC)cc1. The minimum absolute atomic E-state index is 0.0455. The number of anilines is 1. The van der Waals surface area contributed by atoms with Crippen LogP contribution in [0.4, 0.5) is 5.69 Å². The first-order valence-electron chi connectivity index (χ1n) is 14.8. The van der Waals surface area contributed by atoms with E-state index in [-0.39, 0.29) is 23.8 Å². The standard InChI is InChI=1S/C35H37Cl2N3O4S2/c1-4-20-38-35(42)33(21-26-8-6-5-7-9-26)39(23-27-12-13-28(36)22-32(27)37)34(41)24-40(29-14-10-25(2)11-15-29)46(43,44)31-18-16-30(45-3)17-19-31/h5-19,22,33H,4,20-21,23-24H2,1-3H3,(H,38,42)/t33-/m0/s1. The summed E-state index contributed by atoms with van der Waals surface area (Å²) in [5.41, 5.74) is 2.67. The van der Waals surface area contributed by atoms with Gasteiger partial charge in [-0.2, -0.15) is 0 Å². The Morgan fingerprint density at radius 1 is 0.913 bits per heavy atom. The van der Waals surface area contributed by atoms with Gasteiger partial charge < -0.3 is 10.2 Å². The van der Waals surface area contributed by atoms with Crippen molar-refractivity contribution < 1.29 is 18.0 Å². The quantitative estimate of drug-likeness (QED) is 0.139. The van der Waals surface area contributed by atoms with E-state index in [9.17, 15) is 18.0 Å². The molecule has 46 heavy (non-hydrogen) atoms. The first-order chi connectivity index (χ1) is 22.0. The normalized spacial score (nSPS) is 11.9. The van der Waals surface area contributed by atoms with E-state index in [1.165, 1.54) is 28.8 Å². The third-order valence-electron chi connectivity index (χ3n) is 7.42. The van der Waals surface area contributed by atoms with Crippen LogP contribution in [0.5, 0.6) is 0 Å². The lowest BCUT2D eigenvalue weighted by atomic mass is 10.0. The number of benzene rings is 4. The zero-order chi connectivity index (χ0) is 33.3. The topological polar surface area (TPSA) is 86.8 Å². The molecular weight excluding hydrogens is 661 g/mol. The number of halogens is 2. The van der Waals surface area contributed by atoms with E-state index in [4.69, 9.17) is 23.2 Å². The number of sulfonamides is 1. The fourth-order valence-corrected chi connectivity index (χ4v) is 7.16. The second-order valence-electron chi connectivity index (χ2n) is 10.8. The highest BCUT2D eigenvalue weighted by Gasteiger charge is 2.35. The van der Waals surface area contributed by atoms with Crippen LogP contribution in [0.3, 0.4) is 0 Å². The number of rotatable bonds is 14. The highest BCUT2D eigenvalue weighted by Crippen LogP contribution is 2.28. The Bertz CT molecular complexity index is 1740. The van der Waals surface area contributed by atoms with Crippen molar-refractivity contribution in [2.75, 3.05) is 23.7 Å². The van der Waals surface area contributed by atoms with E-state index in [2.05, 4.69) is 5.32 Å². The van der Waals surface area contributed by atoms with Gasteiger partial charge in [-0.1, -0.05) is 84.2 Å². The molecule has 2 amide bonds. The van der Waals surface area contributed by atoms with E-state index in [1.54, 1.807) is 54.6 Å². The Kier molecular flexibility index (Phi) is 12.6. The summed E-state index contributed by atoms with van der Waals surface area (Å²) in [6.45, 7) is 3.67. The Labute approximate surface area is 286 Å². The molecule has 0 saturated heterocycles. The fourth-order valence-electron chi connectivity index (χ4n) is 4.87. The number of hydrogen-bond donors (Lipinski definition) is 1. The number of nitrogens with one attached hydrogen (secondary N) is 1. The second kappa shape index (κ2) is 16.4. The van der Waals surface area contributed by atoms with Gasteiger partial charge in [-0.05, 0) is 79.3 Å². The first-order valence-corrected chi connectivity index (χ1v) is 18.2. The largest absolute Gasteiger partial charge is 0.354 e. The molecule has 1 N–H and O–H groups in total. The number of nitrogens with zero attached hydrogens (tertiary/aromatic N) is 2. The Morgan fingerprint density at radius 2 is 1.59 bits per heavy atom. The smallest absolute Gasteiger partial charge is 0.264 e. The maximum Gasteiger partial charge on any atom is 0.264 e. The van der Waals surface area contributed by atoms with Gasteiger partial charge in [-0.3, -0.25) is 13.9 Å². The Balaban J connectivity index is 1.81. The van der Waals surface area contributed by atoms with Crippen LogP contribution in [0, 0.1) is 6.92 Å². The molecule has 0 saturated carbocycles. The molecule has 4 aromatic rings. The summed E-state index contributed by atoms with van der Waals surface area (Å²) in [6, 6.07) is 26.8. The molecule has 4 aromatic carbocycles. The molecule has 11 heteroatoms. The van der Waals surface area contributed by atoms with Gasteiger partial charge in [0, 0.05) is 34.5 Å². The summed E-state index contributed by atoms with van der Waals surface area (Å²) in [5, 5.41) is 3.69. The molecule has 242 valence electrons. The zero-order valence-corrected chi connectivity index (χ0v) is 29.1. The van der Waals surface area contributed by atoms with Crippen molar-refractivity contribution in [1.29, 1.82) is 0 Å². The summed E-state index contributed by atoms with van der Waals surface area (Å²) in [4.78, 5) is 30.7. The molecular formula is C35H37Cl2N3O4S2. The van der Waals surface area contributed by atoms with Gasteiger partial charge in [0.15, 0.2) is 0 Å². The Morgan fingerprint density at radius 3 is 2.20 bits per heavy atom. The lowest BCUT2D eigenvalue weighted by molar-refractivity contribution is -0.140. The third kappa shape index (κ3) is 9.06. The number of amides is 2. The lowest BCUT2D eigenvalue weighted by Crippen LogP contribution is -2.53. The van der Waals surface area contributed by atoms with Crippen LogP contribution in [-0.4, -0.2) is 50.5 Å². The fraction of sp³-hybridized carbons (Fsp3) is 0.257. The summed E-state index contributed by atoms with van der Waals surface area (Å²) in [7, 11) is -4.19. The van der Waals surface area contributed by atoms with E-state index < -0.39 is 28.5 Å². The summed E-state index contributed by atoms with van der Waals surface area (Å²) in [6.07, 6.45) is 2.82. The molecule has 0 aliphatic heterocycles. The van der Waals surface area contributed by atoms with Gasteiger partial charge in [-0.15, -0.1) is 11.8 Å². The van der Waals surface area contributed by atoms with Crippen LogP contribution in [0.15, 0.2) is 107 Å². The van der Waals surface area contributed by atoms with Gasteiger partial charge in [0.25, 0.3) is 10.0 Å². The van der Waals surface area contributed by atoms with E-state index >= 15 is 0 Å². The zero-order valence-electron chi connectivity index (χ0n) is 26.0. The van der Waals surface area contributed by atoms with E-state index in [0.29, 0.717) is 34.3 Å². The van der Waals surface area contributed by atoms with Crippen LogP contribution >= 0.6 is 35.0 Å². The van der Waals surface area contributed by atoms with E-state index in [0.717, 1.165) is 20.3 Å². The molecule has 4 rings (SSSR count). The van der Waals surface area contributed by atoms with Crippen LogP contribution in [-0.2, 0) is 32.6 Å². The van der Waals surface area contributed by atoms with Gasteiger partial charge in [0.2, 0.25) is 11.8 Å². The number of carbonyl (C=O) groups excluding carboxylic acids is 2. The lowest BCUT2D eigenvalue weighted by Gasteiger charge is -2.34. The maximum atomic E-state index is 14.5. The van der Waals surface area contributed by atoms with Crippen molar-refractivity contribution in [1.82, 2.24) is 10.2 Å². The monoisotopic (exact) mass is 697 g/mol. The highest BCUT2D eigenvalue weighted by molar-refractivity contribution is 7.98. The molecule has 0 heterocycles. The molecule has 0 spiro atoms. The van der Waals surface area contributed by atoms with E-state index in [1.807, 2.05) is 50.4 Å². The van der Waals surface area contributed by atoms with Crippen LogP contribution in [0.2, 0.25) is 10.0 Å². The van der Waals surface area contributed by atoms with Crippen molar-refractivity contribution in [3.8, 4) is 0 Å². The van der Waals surface area contributed by atoms with Crippen molar-refractivity contribution in [2.24, 2.45) is 0 Å². The molecule has 0 bridgehead atoms. The number of hydrogen-bond acceptors (Lipinski definition) is 5. The van der Waals surface area contributed by atoms with Crippen LogP contribution < -0.4 is 9.62 Å². The van der Waals surface area contributed by atoms with Crippen molar-refractivity contribution in [2.45, 2.75) is 49.1 Å². The minimum atomic E-state index is -4.19. The van der Waals surface area contributed by atoms with Crippen molar-refractivity contribution in [3.63, 3.8) is 0 Å². The minimum Gasteiger partial charge on any atom is -0.354 e. The van der Waals surface area contributed by atoms with Crippen LogP contribution in [0.25, 0.3) is 0 Å². The number of carbonyl (C=O) groups is 2. The predicted molar refractivity (Wildman–Crippen MR) is 188 cm³/mol. The van der Waals surface area contributed by atoms with Gasteiger partial charge in [0.1, 0.15) is 12.6 Å². The molecule has 0 aromatic heterocycles. The third-order valence-corrected chi connectivity index (χ3v) is 10.5. The molecule has 0 radical (unpaired) electrons. The van der Waals surface area contributed by atoms with Gasteiger partial charge in [0.05, 0.1) is 10.6 Å². The predicted octanol–water partition coefficient (Wildman–Crippen LogP) is 7.39. The first kappa shape index (κ1) is 35.4. The molecule has 7 nitrogen and oxygen atoms in total. The van der Waals surface area contributed by atoms with Gasteiger partial charge >= 0.3 is 0 Å². The molecule has 0 fully saturated rings. The van der Waals surface area contributed by atoms with Crippen LogP contribution in [0.1, 0.15) is 30.0 Å². The summed E-state index contributed by atoms with van der Waals surface area (Å²) < 4.78 is 29.5. The summed E-state index contributed by atoms with van der Waals surface area (Å²) >= 11 is 14.2. The molecule has 0 aliphatic rings. The molecule has 0 unspecified atom stereocenters. The summed E-state index contributed by atoms with van der Waals surface area (Å²) in [5.74, 6) is -0.912. The maximum absolute atomic E-state index is 14.5. The van der Waals surface area contributed by atoms with Crippen molar-refractivity contribution >= 4 is 62.5 Å².